The maximum Gasteiger partial charge on any atom is 0.133 e. The van der Waals surface area contributed by atoms with Crippen molar-refractivity contribution >= 4 is 15.9 Å². The van der Waals surface area contributed by atoms with E-state index < -0.39 is 5.82 Å². The number of hydrogen-bond donors (Lipinski definition) is 2. The highest BCUT2D eigenvalue weighted by Gasteiger charge is 2.06. The first-order valence-electron chi connectivity index (χ1n) is 3.43. The number of hydrogen-bond acceptors (Lipinski definition) is 2. The molecule has 0 spiro atoms. The lowest BCUT2D eigenvalue weighted by Crippen LogP contribution is -1.92. The summed E-state index contributed by atoms with van der Waals surface area (Å²) in [6.07, 6.45) is 0.252. The van der Waals surface area contributed by atoms with Crippen molar-refractivity contribution in [3.8, 4) is 5.75 Å². The highest BCUT2D eigenvalue weighted by molar-refractivity contribution is 9.10. The van der Waals surface area contributed by atoms with Gasteiger partial charge in [-0.15, -0.1) is 0 Å². The van der Waals surface area contributed by atoms with Gasteiger partial charge in [-0.3, -0.25) is 0 Å². The number of aliphatic hydroxyl groups excluding tert-OH is 1. The summed E-state index contributed by atoms with van der Waals surface area (Å²) in [5.74, 6) is -0.437. The molecule has 0 saturated carbocycles. The number of halogens is 2. The van der Waals surface area contributed by atoms with Crippen LogP contribution in [0.4, 0.5) is 4.39 Å². The first kappa shape index (κ1) is 9.48. The van der Waals surface area contributed by atoms with Gasteiger partial charge in [0.25, 0.3) is 0 Å². The molecular weight excluding hydrogens is 227 g/mol. The summed E-state index contributed by atoms with van der Waals surface area (Å²) in [5, 5.41) is 17.9. The first-order chi connectivity index (χ1) is 5.65. The Morgan fingerprint density at radius 3 is 2.67 bits per heavy atom. The van der Waals surface area contributed by atoms with Gasteiger partial charge in [-0.25, -0.2) is 4.39 Å². The molecule has 0 fully saturated rings. The summed E-state index contributed by atoms with van der Waals surface area (Å²) in [5.41, 5.74) is 0.407. The van der Waals surface area contributed by atoms with Gasteiger partial charge in [0.15, 0.2) is 0 Å². The minimum atomic E-state index is -0.428. The molecule has 2 nitrogen and oxygen atoms in total. The molecule has 1 rings (SSSR count). The highest BCUT2D eigenvalue weighted by Crippen LogP contribution is 2.28. The normalized spacial score (nSPS) is 10.2. The van der Waals surface area contributed by atoms with Gasteiger partial charge in [0.1, 0.15) is 11.6 Å². The molecule has 0 aliphatic heterocycles. The molecular formula is C8H8BrFO2. The van der Waals surface area contributed by atoms with Gasteiger partial charge in [-0.05, 0) is 34.5 Å². The number of phenols is 1. The van der Waals surface area contributed by atoms with Crippen molar-refractivity contribution in [2.75, 3.05) is 6.61 Å². The van der Waals surface area contributed by atoms with Gasteiger partial charge in [-0.1, -0.05) is 0 Å². The fourth-order valence-electron chi connectivity index (χ4n) is 0.930. The Morgan fingerprint density at radius 2 is 2.08 bits per heavy atom. The quantitative estimate of drug-likeness (QED) is 0.820. The SMILES string of the molecule is OCCc1cc(F)cc(Br)c1O. The van der Waals surface area contributed by atoms with Gasteiger partial charge in [0.2, 0.25) is 0 Å². The van der Waals surface area contributed by atoms with Crippen LogP contribution in [0, 0.1) is 5.82 Å². The summed E-state index contributed by atoms with van der Waals surface area (Å²) >= 11 is 3.00. The van der Waals surface area contributed by atoms with Crippen molar-refractivity contribution in [2.24, 2.45) is 0 Å². The molecule has 1 aromatic rings. The van der Waals surface area contributed by atoms with Crippen LogP contribution in [0.5, 0.6) is 5.75 Å². The third-order valence-electron chi connectivity index (χ3n) is 1.49. The molecule has 0 radical (unpaired) electrons. The van der Waals surface area contributed by atoms with Crippen LogP contribution in [0.2, 0.25) is 0 Å². The molecule has 0 unspecified atom stereocenters. The van der Waals surface area contributed by atoms with E-state index >= 15 is 0 Å². The predicted molar refractivity (Wildman–Crippen MR) is 46.6 cm³/mol. The van der Waals surface area contributed by atoms with Crippen molar-refractivity contribution < 1.29 is 14.6 Å². The molecule has 1 aromatic carbocycles. The molecule has 66 valence electrons. The van der Waals surface area contributed by atoms with Gasteiger partial charge in [0, 0.05) is 12.2 Å². The van der Waals surface area contributed by atoms with E-state index in [4.69, 9.17) is 5.11 Å². The van der Waals surface area contributed by atoms with Crippen molar-refractivity contribution in [1.82, 2.24) is 0 Å². The Morgan fingerprint density at radius 1 is 1.42 bits per heavy atom. The number of aromatic hydroxyl groups is 1. The molecule has 0 amide bonds. The van der Waals surface area contributed by atoms with E-state index in [1.165, 1.54) is 12.1 Å². The van der Waals surface area contributed by atoms with Crippen LogP contribution in [0.3, 0.4) is 0 Å². The Bertz CT molecular complexity index is 289. The zero-order valence-electron chi connectivity index (χ0n) is 6.22. The van der Waals surface area contributed by atoms with Crippen molar-refractivity contribution in [3.63, 3.8) is 0 Å². The second-order valence-corrected chi connectivity index (χ2v) is 3.22. The van der Waals surface area contributed by atoms with E-state index in [1.54, 1.807) is 0 Å². The molecule has 4 heteroatoms. The number of rotatable bonds is 2. The lowest BCUT2D eigenvalue weighted by Gasteiger charge is -2.04. The summed E-state index contributed by atoms with van der Waals surface area (Å²) in [4.78, 5) is 0. The monoisotopic (exact) mass is 234 g/mol. The van der Waals surface area contributed by atoms with E-state index in [1.807, 2.05) is 0 Å². The van der Waals surface area contributed by atoms with E-state index in [0.717, 1.165) is 0 Å². The van der Waals surface area contributed by atoms with Crippen LogP contribution in [0.1, 0.15) is 5.56 Å². The van der Waals surface area contributed by atoms with Gasteiger partial charge in [-0.2, -0.15) is 0 Å². The number of phenolic OH excluding ortho intramolecular Hbond substituents is 1. The van der Waals surface area contributed by atoms with Crippen LogP contribution in [-0.4, -0.2) is 16.8 Å². The third-order valence-corrected chi connectivity index (χ3v) is 2.09. The molecule has 0 aliphatic carbocycles. The lowest BCUT2D eigenvalue weighted by atomic mass is 10.1. The smallest absolute Gasteiger partial charge is 0.133 e. The molecule has 0 aromatic heterocycles. The second-order valence-electron chi connectivity index (χ2n) is 2.37. The van der Waals surface area contributed by atoms with Gasteiger partial charge < -0.3 is 10.2 Å². The average molecular weight is 235 g/mol. The fourth-order valence-corrected chi connectivity index (χ4v) is 1.40. The minimum absolute atomic E-state index is 0.00884. The molecule has 12 heavy (non-hydrogen) atoms. The molecule has 0 saturated heterocycles. The number of aliphatic hydroxyl groups is 1. The van der Waals surface area contributed by atoms with Crippen molar-refractivity contribution in [1.29, 1.82) is 0 Å². The fraction of sp³-hybridized carbons (Fsp3) is 0.250. The van der Waals surface area contributed by atoms with Crippen LogP contribution in [0.15, 0.2) is 16.6 Å². The third kappa shape index (κ3) is 1.95. The summed E-state index contributed by atoms with van der Waals surface area (Å²) < 4.78 is 13.0. The topological polar surface area (TPSA) is 40.5 Å². The van der Waals surface area contributed by atoms with E-state index in [-0.39, 0.29) is 18.8 Å². The molecule has 0 heterocycles. The van der Waals surface area contributed by atoms with Gasteiger partial charge >= 0.3 is 0 Å². The zero-order chi connectivity index (χ0) is 9.14. The molecule has 0 aliphatic rings. The first-order valence-corrected chi connectivity index (χ1v) is 4.22. The van der Waals surface area contributed by atoms with E-state index in [9.17, 15) is 9.50 Å². The van der Waals surface area contributed by atoms with E-state index in [0.29, 0.717) is 10.0 Å². The van der Waals surface area contributed by atoms with Crippen LogP contribution < -0.4 is 0 Å². The average Bonchev–Trinajstić information content (AvgIpc) is 2.00. The maximum atomic E-state index is 12.7. The Hall–Kier alpha value is -0.610. The standard InChI is InChI=1S/C8H8BrFO2/c9-7-4-6(10)3-5(1-2-11)8(7)12/h3-4,11-12H,1-2H2. The van der Waals surface area contributed by atoms with Crippen LogP contribution in [-0.2, 0) is 6.42 Å². The van der Waals surface area contributed by atoms with Crippen LogP contribution >= 0.6 is 15.9 Å². The maximum absolute atomic E-state index is 12.7. The molecule has 2 N–H and O–H groups in total. The molecule has 0 bridgehead atoms. The van der Waals surface area contributed by atoms with Gasteiger partial charge in [0.05, 0.1) is 4.47 Å². The van der Waals surface area contributed by atoms with E-state index in [2.05, 4.69) is 15.9 Å². The largest absolute Gasteiger partial charge is 0.506 e. The minimum Gasteiger partial charge on any atom is -0.506 e. The van der Waals surface area contributed by atoms with Crippen molar-refractivity contribution in [2.45, 2.75) is 6.42 Å². The highest BCUT2D eigenvalue weighted by atomic mass is 79.9. The Kier molecular flexibility index (Phi) is 3.05. The van der Waals surface area contributed by atoms with Crippen LogP contribution in [0.25, 0.3) is 0 Å². The predicted octanol–water partition coefficient (Wildman–Crippen LogP) is 1.83. The summed E-state index contributed by atoms with van der Waals surface area (Å²) in [7, 11) is 0. The molecule has 0 atom stereocenters. The summed E-state index contributed by atoms with van der Waals surface area (Å²) in [6.45, 7) is -0.108. The second kappa shape index (κ2) is 3.87. The summed E-state index contributed by atoms with van der Waals surface area (Å²) in [6, 6.07) is 2.38. The number of benzene rings is 1. The Labute approximate surface area is 77.8 Å². The van der Waals surface area contributed by atoms with Crippen molar-refractivity contribution in [3.05, 3.63) is 28.0 Å². The Balaban J connectivity index is 3.09. The zero-order valence-corrected chi connectivity index (χ0v) is 7.81. The lowest BCUT2D eigenvalue weighted by molar-refractivity contribution is 0.297.